The fourth-order valence-corrected chi connectivity index (χ4v) is 1.56. The van der Waals surface area contributed by atoms with Crippen LogP contribution in [0.2, 0.25) is 0 Å². The second kappa shape index (κ2) is 7.09. The minimum absolute atomic E-state index is 0.210. The summed E-state index contributed by atoms with van der Waals surface area (Å²) >= 11 is 0. The largest absolute Gasteiger partial charge is 0.393 e. The van der Waals surface area contributed by atoms with Crippen LogP contribution >= 0.6 is 0 Å². The summed E-state index contributed by atoms with van der Waals surface area (Å²) in [6.45, 7) is 0. The van der Waals surface area contributed by atoms with Crippen molar-refractivity contribution in [2.75, 3.05) is 0 Å². The topological polar surface area (TPSA) is 20.2 Å². The van der Waals surface area contributed by atoms with Crippen LogP contribution in [0.25, 0.3) is 0 Å². The van der Waals surface area contributed by atoms with Gasteiger partial charge in [0, 0.05) is 6.42 Å². The summed E-state index contributed by atoms with van der Waals surface area (Å²) in [6, 6.07) is 10.2. The van der Waals surface area contributed by atoms with E-state index in [-0.39, 0.29) is 6.10 Å². The maximum atomic E-state index is 9.67. The Morgan fingerprint density at radius 2 is 1.93 bits per heavy atom. The molecule has 1 heteroatoms. The predicted octanol–water partition coefficient (Wildman–Crippen LogP) is 2.78. The van der Waals surface area contributed by atoms with Crippen molar-refractivity contribution in [3.8, 4) is 12.3 Å². The number of aryl methyl sites for hydroxylation is 1. The van der Waals surface area contributed by atoms with Gasteiger partial charge in [0.05, 0.1) is 6.10 Å². The number of rotatable bonds is 6. The molecule has 0 radical (unpaired) electrons. The molecular weight excluding hydrogens is 184 g/mol. The average molecular weight is 202 g/mol. The zero-order valence-corrected chi connectivity index (χ0v) is 9.02. The van der Waals surface area contributed by atoms with E-state index in [1.165, 1.54) is 5.56 Å². The highest BCUT2D eigenvalue weighted by Gasteiger charge is 2.03. The molecule has 80 valence electrons. The van der Waals surface area contributed by atoms with Crippen molar-refractivity contribution >= 4 is 0 Å². The van der Waals surface area contributed by atoms with Gasteiger partial charge in [-0.25, -0.2) is 0 Å². The van der Waals surface area contributed by atoms with E-state index in [1.54, 1.807) is 0 Å². The van der Waals surface area contributed by atoms with Crippen LogP contribution in [-0.2, 0) is 6.42 Å². The third-order valence-corrected chi connectivity index (χ3v) is 2.47. The maximum absolute atomic E-state index is 9.67. The fraction of sp³-hybridized carbons (Fsp3) is 0.429. The van der Waals surface area contributed by atoms with Crippen LogP contribution < -0.4 is 0 Å². The Kier molecular flexibility index (Phi) is 5.58. The lowest BCUT2D eigenvalue weighted by Gasteiger charge is -2.09. The highest BCUT2D eigenvalue weighted by Crippen LogP contribution is 2.09. The van der Waals surface area contributed by atoms with Crippen molar-refractivity contribution in [1.82, 2.24) is 0 Å². The molecule has 0 aliphatic heterocycles. The second-order valence-corrected chi connectivity index (χ2v) is 3.77. The Labute approximate surface area is 92.1 Å². The standard InChI is InChI=1S/C14H18O/c1-2-3-5-10-14(15)12-11-13-8-6-4-7-9-13/h1,4,6-9,14-15H,3,5,10-12H2. The normalized spacial score (nSPS) is 12.0. The van der Waals surface area contributed by atoms with Crippen molar-refractivity contribution in [2.45, 2.75) is 38.2 Å². The molecule has 1 N–H and O–H groups in total. The first-order chi connectivity index (χ1) is 7.33. The zero-order valence-electron chi connectivity index (χ0n) is 9.02. The molecule has 1 unspecified atom stereocenters. The van der Waals surface area contributed by atoms with E-state index in [1.807, 2.05) is 18.2 Å². The maximum Gasteiger partial charge on any atom is 0.0543 e. The molecule has 0 saturated carbocycles. The SMILES string of the molecule is C#CCCCC(O)CCc1ccccc1. The molecule has 0 heterocycles. The number of aliphatic hydroxyl groups is 1. The van der Waals surface area contributed by atoms with Crippen LogP contribution in [0.1, 0.15) is 31.2 Å². The van der Waals surface area contributed by atoms with Crippen molar-refractivity contribution in [3.63, 3.8) is 0 Å². The number of benzene rings is 1. The molecule has 0 saturated heterocycles. The van der Waals surface area contributed by atoms with E-state index in [4.69, 9.17) is 6.42 Å². The lowest BCUT2D eigenvalue weighted by Crippen LogP contribution is -2.07. The van der Waals surface area contributed by atoms with Gasteiger partial charge in [0.2, 0.25) is 0 Å². The van der Waals surface area contributed by atoms with Gasteiger partial charge in [-0.1, -0.05) is 30.3 Å². The van der Waals surface area contributed by atoms with Gasteiger partial charge < -0.3 is 5.11 Å². The first-order valence-corrected chi connectivity index (χ1v) is 5.48. The van der Waals surface area contributed by atoms with Gasteiger partial charge in [-0.15, -0.1) is 12.3 Å². The first-order valence-electron chi connectivity index (χ1n) is 5.48. The Morgan fingerprint density at radius 3 is 2.60 bits per heavy atom. The van der Waals surface area contributed by atoms with E-state index < -0.39 is 0 Å². The highest BCUT2D eigenvalue weighted by atomic mass is 16.3. The van der Waals surface area contributed by atoms with Crippen LogP contribution in [-0.4, -0.2) is 11.2 Å². The minimum atomic E-state index is -0.210. The van der Waals surface area contributed by atoms with E-state index in [0.29, 0.717) is 0 Å². The number of hydrogen-bond acceptors (Lipinski definition) is 1. The summed E-state index contributed by atoms with van der Waals surface area (Å²) in [6.07, 6.45) is 9.21. The summed E-state index contributed by atoms with van der Waals surface area (Å²) in [7, 11) is 0. The average Bonchev–Trinajstić information content (AvgIpc) is 2.28. The molecule has 1 atom stereocenters. The summed E-state index contributed by atoms with van der Waals surface area (Å²) in [5, 5.41) is 9.67. The summed E-state index contributed by atoms with van der Waals surface area (Å²) in [4.78, 5) is 0. The molecule has 1 aromatic carbocycles. The quantitative estimate of drug-likeness (QED) is 0.555. The Morgan fingerprint density at radius 1 is 1.20 bits per heavy atom. The van der Waals surface area contributed by atoms with Gasteiger partial charge in [-0.05, 0) is 31.2 Å². The first kappa shape index (κ1) is 11.8. The van der Waals surface area contributed by atoms with Gasteiger partial charge in [-0.2, -0.15) is 0 Å². The van der Waals surface area contributed by atoms with Gasteiger partial charge in [0.15, 0.2) is 0 Å². The second-order valence-electron chi connectivity index (χ2n) is 3.77. The molecule has 0 aromatic heterocycles. The summed E-state index contributed by atoms with van der Waals surface area (Å²) in [5.74, 6) is 2.59. The van der Waals surface area contributed by atoms with E-state index in [2.05, 4.69) is 18.1 Å². The van der Waals surface area contributed by atoms with Crippen LogP contribution in [0, 0.1) is 12.3 Å². The lowest BCUT2D eigenvalue weighted by molar-refractivity contribution is 0.153. The van der Waals surface area contributed by atoms with E-state index in [9.17, 15) is 5.11 Å². The zero-order chi connectivity index (χ0) is 10.9. The molecule has 0 spiro atoms. The number of hydrogen-bond donors (Lipinski definition) is 1. The fourth-order valence-electron chi connectivity index (χ4n) is 1.56. The molecule has 15 heavy (non-hydrogen) atoms. The number of aliphatic hydroxyl groups excluding tert-OH is 1. The van der Waals surface area contributed by atoms with Crippen LogP contribution in [0.15, 0.2) is 30.3 Å². The number of terminal acetylenes is 1. The van der Waals surface area contributed by atoms with Crippen LogP contribution in [0.3, 0.4) is 0 Å². The van der Waals surface area contributed by atoms with Crippen molar-refractivity contribution in [2.24, 2.45) is 0 Å². The summed E-state index contributed by atoms with van der Waals surface area (Å²) < 4.78 is 0. The molecule has 1 rings (SSSR count). The van der Waals surface area contributed by atoms with Crippen molar-refractivity contribution < 1.29 is 5.11 Å². The number of unbranched alkanes of at least 4 members (excludes halogenated alkanes) is 1. The van der Waals surface area contributed by atoms with Gasteiger partial charge in [-0.3, -0.25) is 0 Å². The lowest BCUT2D eigenvalue weighted by atomic mass is 10.0. The van der Waals surface area contributed by atoms with Gasteiger partial charge in [0.25, 0.3) is 0 Å². The molecular formula is C14H18O. The molecule has 0 aliphatic carbocycles. The van der Waals surface area contributed by atoms with Crippen molar-refractivity contribution in [3.05, 3.63) is 35.9 Å². The Bertz CT molecular complexity index is 297. The van der Waals surface area contributed by atoms with E-state index >= 15 is 0 Å². The molecule has 0 amide bonds. The minimum Gasteiger partial charge on any atom is -0.393 e. The molecule has 0 bridgehead atoms. The highest BCUT2D eigenvalue weighted by molar-refractivity contribution is 5.14. The summed E-state index contributed by atoms with van der Waals surface area (Å²) in [5.41, 5.74) is 1.29. The van der Waals surface area contributed by atoms with Crippen LogP contribution in [0.5, 0.6) is 0 Å². The van der Waals surface area contributed by atoms with Crippen molar-refractivity contribution in [1.29, 1.82) is 0 Å². The molecule has 0 fully saturated rings. The van der Waals surface area contributed by atoms with Gasteiger partial charge >= 0.3 is 0 Å². The Balaban J connectivity index is 2.17. The third kappa shape index (κ3) is 5.24. The molecule has 0 aliphatic rings. The van der Waals surface area contributed by atoms with Gasteiger partial charge in [0.1, 0.15) is 0 Å². The predicted molar refractivity (Wildman–Crippen MR) is 63.5 cm³/mol. The monoisotopic (exact) mass is 202 g/mol. The third-order valence-electron chi connectivity index (χ3n) is 2.47. The van der Waals surface area contributed by atoms with Crippen LogP contribution in [0.4, 0.5) is 0 Å². The Hall–Kier alpha value is -1.26. The van der Waals surface area contributed by atoms with E-state index in [0.717, 1.165) is 32.1 Å². The smallest absolute Gasteiger partial charge is 0.0543 e. The molecule has 1 aromatic rings. The molecule has 1 nitrogen and oxygen atoms in total.